The molecular weight excluding hydrogens is 308 g/mol. The minimum absolute atomic E-state index is 0.0985. The van der Waals surface area contributed by atoms with Gasteiger partial charge in [0, 0.05) is 23.1 Å². The van der Waals surface area contributed by atoms with Gasteiger partial charge in [-0.2, -0.15) is 0 Å². The lowest BCUT2D eigenvalue weighted by Gasteiger charge is -2.41. The number of hydrogen-bond donors (Lipinski definition) is 1. The van der Waals surface area contributed by atoms with Crippen LogP contribution in [0.5, 0.6) is 0 Å². The van der Waals surface area contributed by atoms with Gasteiger partial charge >= 0.3 is 0 Å². The summed E-state index contributed by atoms with van der Waals surface area (Å²) in [5.41, 5.74) is 0.733. The normalized spacial score (nSPS) is 18.1. The summed E-state index contributed by atoms with van der Waals surface area (Å²) < 4.78 is 0.862. The number of aryl methyl sites for hydroxylation is 1. The highest BCUT2D eigenvalue weighted by Gasteiger charge is 2.40. The summed E-state index contributed by atoms with van der Waals surface area (Å²) in [7, 11) is 0. The molecule has 1 fully saturated rings. The maximum absolute atomic E-state index is 12.7. The second-order valence-electron chi connectivity index (χ2n) is 5.23. The van der Waals surface area contributed by atoms with E-state index in [2.05, 4.69) is 21.2 Å². The highest BCUT2D eigenvalue weighted by atomic mass is 79.9. The Morgan fingerprint density at radius 3 is 2.79 bits per heavy atom. The van der Waals surface area contributed by atoms with Crippen LogP contribution in [0.1, 0.15) is 29.8 Å². The molecule has 102 valence electrons. The van der Waals surface area contributed by atoms with Crippen molar-refractivity contribution in [1.82, 2.24) is 10.2 Å². The van der Waals surface area contributed by atoms with Gasteiger partial charge < -0.3 is 10.2 Å². The highest BCUT2D eigenvalue weighted by molar-refractivity contribution is 9.10. The van der Waals surface area contributed by atoms with Crippen LogP contribution in [0.3, 0.4) is 0 Å². The third kappa shape index (κ3) is 2.52. The van der Waals surface area contributed by atoms with Gasteiger partial charge in [-0.1, -0.05) is 22.0 Å². The van der Waals surface area contributed by atoms with Crippen LogP contribution in [0.25, 0.3) is 0 Å². The van der Waals surface area contributed by atoms with Gasteiger partial charge in [0.25, 0.3) is 5.91 Å². The molecule has 0 saturated carbocycles. The fourth-order valence-corrected chi connectivity index (χ4v) is 2.59. The van der Waals surface area contributed by atoms with Gasteiger partial charge in [0.15, 0.2) is 0 Å². The zero-order valence-corrected chi connectivity index (χ0v) is 12.9. The van der Waals surface area contributed by atoms with Crippen molar-refractivity contribution >= 4 is 27.7 Å². The van der Waals surface area contributed by atoms with Crippen molar-refractivity contribution in [3.8, 4) is 0 Å². The fraction of sp³-hybridized carbons (Fsp3) is 0.429. The molecule has 19 heavy (non-hydrogen) atoms. The highest BCUT2D eigenvalue weighted by Crippen LogP contribution is 2.24. The number of nitrogens with one attached hydrogen (secondary N) is 1. The van der Waals surface area contributed by atoms with Crippen LogP contribution in [0.2, 0.25) is 0 Å². The Balaban J connectivity index is 2.38. The number of amides is 2. The quantitative estimate of drug-likeness (QED) is 0.860. The number of hydrogen-bond acceptors (Lipinski definition) is 2. The van der Waals surface area contributed by atoms with E-state index in [1.54, 1.807) is 24.8 Å². The summed E-state index contributed by atoms with van der Waals surface area (Å²) in [4.78, 5) is 26.2. The molecule has 1 aliphatic heterocycles. The van der Waals surface area contributed by atoms with Gasteiger partial charge in [-0.25, -0.2) is 0 Å². The molecule has 1 aromatic rings. The van der Waals surface area contributed by atoms with Gasteiger partial charge in [-0.05, 0) is 38.5 Å². The lowest BCUT2D eigenvalue weighted by atomic mass is 9.96. The Morgan fingerprint density at radius 1 is 1.42 bits per heavy atom. The molecule has 5 heteroatoms. The smallest absolute Gasteiger partial charge is 0.255 e. The average Bonchev–Trinajstić information content (AvgIpc) is 2.35. The lowest BCUT2D eigenvalue weighted by molar-refractivity contribution is -0.133. The SMILES string of the molecule is Cc1ccc(Br)cc1C(=O)N1CCNC(=O)C1(C)C. The Bertz CT molecular complexity index is 540. The molecule has 0 spiro atoms. The first kappa shape index (κ1) is 14.1. The third-order valence-corrected chi connectivity index (χ3v) is 4.02. The second-order valence-corrected chi connectivity index (χ2v) is 6.15. The van der Waals surface area contributed by atoms with Crippen molar-refractivity contribution in [2.75, 3.05) is 13.1 Å². The number of halogens is 1. The minimum Gasteiger partial charge on any atom is -0.352 e. The molecule has 1 N–H and O–H groups in total. The molecule has 0 unspecified atom stereocenters. The average molecular weight is 325 g/mol. The van der Waals surface area contributed by atoms with Crippen LogP contribution in [-0.4, -0.2) is 35.3 Å². The van der Waals surface area contributed by atoms with Gasteiger partial charge in [0.05, 0.1) is 0 Å². The molecule has 1 aromatic carbocycles. The van der Waals surface area contributed by atoms with Crippen molar-refractivity contribution in [1.29, 1.82) is 0 Å². The molecular formula is C14H17BrN2O2. The molecule has 2 amide bonds. The van der Waals surface area contributed by atoms with Gasteiger partial charge in [-0.15, -0.1) is 0 Å². The number of carbonyl (C=O) groups is 2. The van der Waals surface area contributed by atoms with Crippen LogP contribution < -0.4 is 5.32 Å². The van der Waals surface area contributed by atoms with E-state index >= 15 is 0 Å². The van der Waals surface area contributed by atoms with Gasteiger partial charge in [0.2, 0.25) is 5.91 Å². The Labute approximate surface area is 121 Å². The first-order chi connectivity index (χ1) is 8.84. The summed E-state index contributed by atoms with van der Waals surface area (Å²) in [5, 5.41) is 2.79. The summed E-state index contributed by atoms with van der Waals surface area (Å²) in [6.45, 7) is 6.47. The van der Waals surface area contributed by atoms with E-state index in [0.717, 1.165) is 10.0 Å². The Hall–Kier alpha value is -1.36. The number of rotatable bonds is 1. The van der Waals surface area contributed by atoms with Gasteiger partial charge in [0.1, 0.15) is 5.54 Å². The van der Waals surface area contributed by atoms with E-state index < -0.39 is 5.54 Å². The fourth-order valence-electron chi connectivity index (χ4n) is 2.23. The molecule has 0 atom stereocenters. The number of piperazine rings is 1. The summed E-state index contributed by atoms with van der Waals surface area (Å²) in [6.07, 6.45) is 0. The standard InChI is InChI=1S/C14H17BrN2O2/c1-9-4-5-10(15)8-11(9)12(18)17-7-6-16-13(19)14(17,2)3/h4-5,8H,6-7H2,1-3H3,(H,16,19). The van der Waals surface area contributed by atoms with Crippen molar-refractivity contribution < 1.29 is 9.59 Å². The first-order valence-corrected chi connectivity index (χ1v) is 7.00. The largest absolute Gasteiger partial charge is 0.352 e. The maximum Gasteiger partial charge on any atom is 0.255 e. The van der Waals surface area contributed by atoms with E-state index in [4.69, 9.17) is 0 Å². The summed E-state index contributed by atoms with van der Waals surface area (Å²) >= 11 is 3.38. The van der Waals surface area contributed by atoms with Crippen molar-refractivity contribution in [2.45, 2.75) is 26.3 Å². The number of nitrogens with zero attached hydrogens (tertiary/aromatic N) is 1. The van der Waals surface area contributed by atoms with Crippen molar-refractivity contribution in [3.05, 3.63) is 33.8 Å². The zero-order chi connectivity index (χ0) is 14.2. The molecule has 0 aromatic heterocycles. The van der Waals surface area contributed by atoms with E-state index in [9.17, 15) is 9.59 Å². The molecule has 2 rings (SSSR count). The van der Waals surface area contributed by atoms with Crippen LogP contribution in [0, 0.1) is 6.92 Å². The molecule has 1 heterocycles. The number of carbonyl (C=O) groups excluding carboxylic acids is 2. The van der Waals surface area contributed by atoms with Crippen LogP contribution in [0.4, 0.5) is 0 Å². The van der Waals surface area contributed by atoms with Crippen LogP contribution in [-0.2, 0) is 4.79 Å². The molecule has 0 aliphatic carbocycles. The van der Waals surface area contributed by atoms with Crippen LogP contribution in [0.15, 0.2) is 22.7 Å². The van der Waals surface area contributed by atoms with Crippen molar-refractivity contribution in [2.24, 2.45) is 0 Å². The second kappa shape index (κ2) is 4.96. The maximum atomic E-state index is 12.7. The molecule has 4 nitrogen and oxygen atoms in total. The lowest BCUT2D eigenvalue weighted by Crippen LogP contribution is -2.63. The summed E-state index contributed by atoms with van der Waals surface area (Å²) in [5.74, 6) is -0.210. The molecule has 1 saturated heterocycles. The minimum atomic E-state index is -0.815. The monoisotopic (exact) mass is 324 g/mol. The summed E-state index contributed by atoms with van der Waals surface area (Å²) in [6, 6.07) is 5.61. The van der Waals surface area contributed by atoms with E-state index in [1.807, 2.05) is 19.1 Å². The van der Waals surface area contributed by atoms with Gasteiger partial charge in [-0.3, -0.25) is 9.59 Å². The topological polar surface area (TPSA) is 49.4 Å². The molecule has 0 radical (unpaired) electrons. The Kier molecular flexibility index (Phi) is 3.67. The van der Waals surface area contributed by atoms with Crippen molar-refractivity contribution in [3.63, 3.8) is 0 Å². The predicted octanol–water partition coefficient (Wildman–Crippen LogP) is 2.11. The first-order valence-electron chi connectivity index (χ1n) is 6.20. The molecule has 0 bridgehead atoms. The van der Waals surface area contributed by atoms with Crippen LogP contribution >= 0.6 is 15.9 Å². The third-order valence-electron chi connectivity index (χ3n) is 3.53. The van der Waals surface area contributed by atoms with E-state index in [0.29, 0.717) is 18.7 Å². The number of benzene rings is 1. The Morgan fingerprint density at radius 2 is 2.11 bits per heavy atom. The molecule has 1 aliphatic rings. The van der Waals surface area contributed by atoms with E-state index in [1.165, 1.54) is 0 Å². The predicted molar refractivity (Wildman–Crippen MR) is 77.0 cm³/mol. The van der Waals surface area contributed by atoms with E-state index in [-0.39, 0.29) is 11.8 Å². The zero-order valence-electron chi connectivity index (χ0n) is 11.3.